The highest BCUT2D eigenvalue weighted by atomic mass is 35.5. The van der Waals surface area contributed by atoms with Gasteiger partial charge in [0, 0.05) is 42.1 Å². The lowest BCUT2D eigenvalue weighted by Crippen LogP contribution is -2.41. The first-order valence-corrected chi connectivity index (χ1v) is 11.8. The number of benzene rings is 1. The van der Waals surface area contributed by atoms with E-state index < -0.39 is 29.8 Å². The maximum Gasteiger partial charge on any atom is 0.451 e. The minimum Gasteiger partial charge on any atom is -0.491 e. The molecular weight excluding hydrogens is 538 g/mol. The Morgan fingerprint density at radius 2 is 2.00 bits per heavy atom. The highest BCUT2D eigenvalue weighted by molar-refractivity contribution is 7.14. The van der Waals surface area contributed by atoms with Gasteiger partial charge in [-0.1, -0.05) is 0 Å². The van der Waals surface area contributed by atoms with Crippen molar-refractivity contribution in [3.63, 3.8) is 0 Å². The van der Waals surface area contributed by atoms with E-state index in [9.17, 15) is 18.0 Å². The van der Waals surface area contributed by atoms with Gasteiger partial charge in [0.05, 0.1) is 23.8 Å². The standard InChI is InChI=1S/C23H23F4N5O3S.ClH/c1-12-7-29-21(36-12)18-6-15(35-11-16-10-28-3-4-34-16)5-17(19(18)24)20(33)32-13(2)14-8-30-22(31-9-14)23(25,26)27;/h5-9,13,16,28H,3-4,10-11H2,1-2H3,(H,32,33);1H/t13-,16-;/m1./s1. The van der Waals surface area contributed by atoms with Crippen molar-refractivity contribution < 1.29 is 31.8 Å². The normalized spacial score (nSPS) is 16.5. The lowest BCUT2D eigenvalue weighted by molar-refractivity contribution is -0.145. The summed E-state index contributed by atoms with van der Waals surface area (Å²) in [6.07, 6.45) is -1.35. The van der Waals surface area contributed by atoms with Crippen molar-refractivity contribution in [1.82, 2.24) is 25.6 Å². The van der Waals surface area contributed by atoms with Crippen LogP contribution in [-0.4, -0.2) is 53.3 Å². The van der Waals surface area contributed by atoms with Crippen LogP contribution in [0.5, 0.6) is 5.75 Å². The maximum absolute atomic E-state index is 15.5. The fourth-order valence-corrected chi connectivity index (χ4v) is 4.24. The van der Waals surface area contributed by atoms with Gasteiger partial charge in [0.2, 0.25) is 5.82 Å². The van der Waals surface area contributed by atoms with Crippen LogP contribution in [0.3, 0.4) is 0 Å². The van der Waals surface area contributed by atoms with E-state index in [2.05, 4.69) is 25.6 Å². The number of thiazole rings is 1. The third-order valence-corrected chi connectivity index (χ3v) is 6.30. The van der Waals surface area contributed by atoms with Crippen molar-refractivity contribution in [3.8, 4) is 16.3 Å². The molecule has 2 N–H and O–H groups in total. The summed E-state index contributed by atoms with van der Waals surface area (Å²) in [5.74, 6) is -2.61. The first kappa shape index (κ1) is 28.7. The van der Waals surface area contributed by atoms with Crippen LogP contribution < -0.4 is 15.4 Å². The number of aromatic nitrogens is 3. The number of ether oxygens (including phenoxy) is 2. The average molecular weight is 562 g/mol. The Bertz CT molecular complexity index is 1220. The van der Waals surface area contributed by atoms with Gasteiger partial charge in [-0.25, -0.2) is 19.3 Å². The average Bonchev–Trinajstić information content (AvgIpc) is 3.29. The zero-order chi connectivity index (χ0) is 25.9. The highest BCUT2D eigenvalue weighted by Gasteiger charge is 2.34. The van der Waals surface area contributed by atoms with Crippen molar-refractivity contribution >= 4 is 29.7 Å². The number of aryl methyl sites for hydroxylation is 1. The second-order valence-corrected chi connectivity index (χ2v) is 9.38. The third-order valence-electron chi connectivity index (χ3n) is 5.36. The van der Waals surface area contributed by atoms with E-state index in [0.717, 1.165) is 23.8 Å². The van der Waals surface area contributed by atoms with Crippen LogP contribution >= 0.6 is 23.7 Å². The Balaban J connectivity index is 0.00000380. The Morgan fingerprint density at radius 1 is 1.27 bits per heavy atom. The molecule has 1 amide bonds. The molecule has 200 valence electrons. The molecule has 0 spiro atoms. The van der Waals surface area contributed by atoms with Gasteiger partial charge in [-0.05, 0) is 26.0 Å². The number of morpholine rings is 1. The van der Waals surface area contributed by atoms with Gasteiger partial charge in [0.25, 0.3) is 5.91 Å². The molecule has 1 aliphatic rings. The largest absolute Gasteiger partial charge is 0.491 e. The van der Waals surface area contributed by atoms with Crippen molar-refractivity contribution in [2.45, 2.75) is 32.2 Å². The van der Waals surface area contributed by atoms with Crippen LogP contribution in [0.1, 0.15) is 39.6 Å². The van der Waals surface area contributed by atoms with Gasteiger partial charge < -0.3 is 20.1 Å². The molecule has 0 bridgehead atoms. The fraction of sp³-hybridized carbons (Fsp3) is 0.391. The van der Waals surface area contributed by atoms with E-state index >= 15 is 4.39 Å². The molecule has 4 rings (SSSR count). The van der Waals surface area contributed by atoms with Gasteiger partial charge in [-0.3, -0.25) is 4.79 Å². The minimum absolute atomic E-state index is 0. The lowest BCUT2D eigenvalue weighted by atomic mass is 10.1. The van der Waals surface area contributed by atoms with E-state index in [4.69, 9.17) is 9.47 Å². The smallest absolute Gasteiger partial charge is 0.451 e. The first-order valence-electron chi connectivity index (χ1n) is 11.0. The van der Waals surface area contributed by atoms with Gasteiger partial charge in [-0.15, -0.1) is 23.7 Å². The molecule has 0 unspecified atom stereocenters. The Labute approximate surface area is 220 Å². The van der Waals surface area contributed by atoms with Crippen LogP contribution in [0.4, 0.5) is 17.6 Å². The van der Waals surface area contributed by atoms with Gasteiger partial charge in [-0.2, -0.15) is 13.2 Å². The highest BCUT2D eigenvalue weighted by Crippen LogP contribution is 2.33. The number of carbonyl (C=O) groups is 1. The summed E-state index contributed by atoms with van der Waals surface area (Å²) in [6.45, 7) is 5.43. The third kappa shape index (κ3) is 7.12. The molecule has 1 saturated heterocycles. The second kappa shape index (κ2) is 12.1. The summed E-state index contributed by atoms with van der Waals surface area (Å²) in [7, 11) is 0. The van der Waals surface area contributed by atoms with Gasteiger partial charge >= 0.3 is 6.18 Å². The molecule has 1 fully saturated rings. The number of amides is 1. The monoisotopic (exact) mass is 561 g/mol. The topological polar surface area (TPSA) is 98.3 Å². The van der Waals surface area contributed by atoms with Crippen molar-refractivity contribution in [1.29, 1.82) is 0 Å². The summed E-state index contributed by atoms with van der Waals surface area (Å²) in [6, 6.07) is 1.96. The van der Waals surface area contributed by atoms with Gasteiger partial charge in [0.1, 0.15) is 29.3 Å². The van der Waals surface area contributed by atoms with Crippen LogP contribution in [0.15, 0.2) is 30.7 Å². The fourth-order valence-electron chi connectivity index (χ4n) is 3.46. The SMILES string of the molecule is Cc1cnc(-c2cc(OC[C@H]3CNCCO3)cc(C(=O)N[C@H](C)c3cnc(C(F)(F)F)nc3)c2F)s1.Cl. The van der Waals surface area contributed by atoms with Crippen molar-refractivity contribution in [3.05, 3.63) is 58.4 Å². The molecule has 2 atom stereocenters. The van der Waals surface area contributed by atoms with Crippen molar-refractivity contribution in [2.24, 2.45) is 0 Å². The molecule has 1 aliphatic heterocycles. The molecule has 3 heterocycles. The number of nitrogens with zero attached hydrogens (tertiary/aromatic N) is 3. The summed E-state index contributed by atoms with van der Waals surface area (Å²) >= 11 is 1.26. The molecule has 0 aliphatic carbocycles. The molecule has 0 saturated carbocycles. The second-order valence-electron chi connectivity index (χ2n) is 8.15. The summed E-state index contributed by atoms with van der Waals surface area (Å²) in [5.41, 5.74) is 0.0311. The lowest BCUT2D eigenvalue weighted by Gasteiger charge is -2.24. The molecule has 8 nitrogen and oxygen atoms in total. The van der Waals surface area contributed by atoms with E-state index in [1.165, 1.54) is 30.4 Å². The molecule has 2 aromatic heterocycles. The van der Waals surface area contributed by atoms with E-state index in [0.29, 0.717) is 18.2 Å². The first-order chi connectivity index (χ1) is 17.1. The van der Waals surface area contributed by atoms with Crippen LogP contribution in [-0.2, 0) is 10.9 Å². The van der Waals surface area contributed by atoms with Gasteiger partial charge in [0.15, 0.2) is 0 Å². The molecule has 37 heavy (non-hydrogen) atoms. The molecule has 3 aromatic rings. The molecule has 1 aromatic carbocycles. The van der Waals surface area contributed by atoms with E-state index in [-0.39, 0.29) is 47.6 Å². The van der Waals surface area contributed by atoms with Crippen LogP contribution in [0, 0.1) is 12.7 Å². The zero-order valence-corrected chi connectivity index (χ0v) is 21.4. The number of rotatable bonds is 7. The number of alkyl halides is 3. The molecular formula is C23H24ClF4N5O3S. The number of halogens is 5. The molecule has 0 radical (unpaired) electrons. The number of carbonyl (C=O) groups excluding carboxylic acids is 1. The zero-order valence-electron chi connectivity index (χ0n) is 19.8. The summed E-state index contributed by atoms with van der Waals surface area (Å²) < 4.78 is 65.1. The van der Waals surface area contributed by atoms with Crippen LogP contribution in [0.25, 0.3) is 10.6 Å². The predicted octanol–water partition coefficient (Wildman–Crippen LogP) is 4.35. The Kier molecular flexibility index (Phi) is 9.40. The number of nitrogens with one attached hydrogen (secondary N) is 2. The summed E-state index contributed by atoms with van der Waals surface area (Å²) in [4.78, 5) is 24.7. The Morgan fingerprint density at radius 3 is 2.59 bits per heavy atom. The quantitative estimate of drug-likeness (QED) is 0.414. The van der Waals surface area contributed by atoms with E-state index in [1.54, 1.807) is 6.20 Å². The van der Waals surface area contributed by atoms with Crippen LogP contribution in [0.2, 0.25) is 0 Å². The maximum atomic E-state index is 15.5. The minimum atomic E-state index is -4.68. The van der Waals surface area contributed by atoms with E-state index in [1.807, 2.05) is 6.92 Å². The Hall–Kier alpha value is -2.87. The summed E-state index contributed by atoms with van der Waals surface area (Å²) in [5, 5.41) is 6.15. The number of hydrogen-bond donors (Lipinski definition) is 2. The molecule has 14 heteroatoms. The van der Waals surface area contributed by atoms with Crippen molar-refractivity contribution in [2.75, 3.05) is 26.3 Å². The predicted molar refractivity (Wildman–Crippen MR) is 131 cm³/mol. The number of hydrogen-bond acceptors (Lipinski definition) is 8.